The molecule has 0 radical (unpaired) electrons. The molecule has 0 saturated carbocycles. The summed E-state index contributed by atoms with van der Waals surface area (Å²) in [6.45, 7) is 0. The lowest BCUT2D eigenvalue weighted by Gasteiger charge is -2.05. The Balaban J connectivity index is 1.66. The van der Waals surface area contributed by atoms with Crippen molar-refractivity contribution >= 4 is 35.0 Å². The van der Waals surface area contributed by atoms with E-state index in [9.17, 15) is 4.79 Å². The van der Waals surface area contributed by atoms with Gasteiger partial charge in [-0.15, -0.1) is 0 Å². The van der Waals surface area contributed by atoms with Crippen LogP contribution in [-0.4, -0.2) is 11.7 Å². The molecule has 2 aromatic carbocycles. The fourth-order valence-electron chi connectivity index (χ4n) is 1.69. The van der Waals surface area contributed by atoms with Gasteiger partial charge in [-0.1, -0.05) is 41.9 Å². The minimum Gasteiger partial charge on any atom is -0.326 e. The average molecular weight is 306 g/mol. The van der Waals surface area contributed by atoms with E-state index in [-0.39, 0.29) is 5.91 Å². The molecule has 0 atom stereocenters. The fourth-order valence-corrected chi connectivity index (χ4v) is 2.71. The zero-order valence-electron chi connectivity index (χ0n) is 11.0. The van der Waals surface area contributed by atoms with E-state index in [1.54, 1.807) is 36.0 Å². The van der Waals surface area contributed by atoms with Crippen LogP contribution >= 0.6 is 23.4 Å². The molecule has 0 unspecified atom stereocenters. The number of hydrogen-bond donors (Lipinski definition) is 1. The number of nitrogens with one attached hydrogen (secondary N) is 1. The van der Waals surface area contributed by atoms with E-state index in [1.165, 1.54) is 5.56 Å². The molecular weight excluding hydrogens is 290 g/mol. The fraction of sp³-hybridized carbons (Fsp3) is 0.188. The molecule has 4 heteroatoms. The van der Waals surface area contributed by atoms with Crippen LogP contribution in [0.2, 0.25) is 5.02 Å². The maximum Gasteiger partial charge on any atom is 0.225 e. The van der Waals surface area contributed by atoms with Gasteiger partial charge in [-0.25, -0.2) is 0 Å². The Hall–Kier alpha value is -1.45. The van der Waals surface area contributed by atoms with E-state index in [1.807, 2.05) is 18.2 Å². The summed E-state index contributed by atoms with van der Waals surface area (Å²) in [5.74, 6) is 1.79. The lowest BCUT2D eigenvalue weighted by molar-refractivity contribution is -0.115. The molecule has 0 spiro atoms. The van der Waals surface area contributed by atoms with E-state index in [2.05, 4.69) is 17.4 Å². The second-order valence-corrected chi connectivity index (χ2v) is 5.88. The van der Waals surface area contributed by atoms with Crippen molar-refractivity contribution in [3.63, 3.8) is 0 Å². The second-order valence-electron chi connectivity index (χ2n) is 4.34. The van der Waals surface area contributed by atoms with Crippen molar-refractivity contribution in [2.24, 2.45) is 0 Å². The average Bonchev–Trinajstić information content (AvgIpc) is 2.47. The van der Waals surface area contributed by atoms with Crippen molar-refractivity contribution in [3.05, 3.63) is 65.2 Å². The highest BCUT2D eigenvalue weighted by Gasteiger charge is 2.02. The molecule has 1 amide bonds. The van der Waals surface area contributed by atoms with Crippen LogP contribution in [-0.2, 0) is 10.5 Å². The first kappa shape index (κ1) is 14.9. The molecule has 2 rings (SSSR count). The summed E-state index contributed by atoms with van der Waals surface area (Å²) >= 11 is 7.56. The summed E-state index contributed by atoms with van der Waals surface area (Å²) in [4.78, 5) is 11.8. The maximum absolute atomic E-state index is 11.8. The Kier molecular flexibility index (Phi) is 5.96. The number of halogens is 1. The van der Waals surface area contributed by atoms with Gasteiger partial charge >= 0.3 is 0 Å². The standard InChI is InChI=1S/C16H16ClNOS/c17-14-6-8-15(9-7-14)18-16(19)10-11-20-12-13-4-2-1-3-5-13/h1-9H,10-12H2,(H,18,19). The van der Waals surface area contributed by atoms with E-state index < -0.39 is 0 Å². The number of amides is 1. The van der Waals surface area contributed by atoms with Crippen LogP contribution in [0.25, 0.3) is 0 Å². The molecule has 0 aliphatic rings. The van der Waals surface area contributed by atoms with Crippen LogP contribution in [0.1, 0.15) is 12.0 Å². The molecular formula is C16H16ClNOS. The van der Waals surface area contributed by atoms with E-state index in [4.69, 9.17) is 11.6 Å². The van der Waals surface area contributed by atoms with Crippen molar-refractivity contribution < 1.29 is 4.79 Å². The first-order chi connectivity index (χ1) is 9.74. The summed E-state index contributed by atoms with van der Waals surface area (Å²) in [7, 11) is 0. The Morgan fingerprint density at radius 1 is 1.05 bits per heavy atom. The highest BCUT2D eigenvalue weighted by atomic mass is 35.5. The highest BCUT2D eigenvalue weighted by Crippen LogP contribution is 2.15. The Labute approximate surface area is 128 Å². The first-order valence-electron chi connectivity index (χ1n) is 6.41. The van der Waals surface area contributed by atoms with Crippen molar-refractivity contribution in [2.75, 3.05) is 11.1 Å². The van der Waals surface area contributed by atoms with Gasteiger partial charge in [0.2, 0.25) is 5.91 Å². The van der Waals surface area contributed by atoms with Gasteiger partial charge in [0.15, 0.2) is 0 Å². The lowest BCUT2D eigenvalue weighted by Crippen LogP contribution is -2.12. The largest absolute Gasteiger partial charge is 0.326 e. The Morgan fingerprint density at radius 3 is 2.45 bits per heavy atom. The summed E-state index contributed by atoms with van der Waals surface area (Å²) in [5, 5.41) is 3.52. The zero-order chi connectivity index (χ0) is 14.2. The Bertz CT molecular complexity index is 542. The van der Waals surface area contributed by atoms with Crippen LogP contribution in [0.3, 0.4) is 0 Å². The third-order valence-electron chi connectivity index (χ3n) is 2.71. The summed E-state index contributed by atoms with van der Waals surface area (Å²) in [6.07, 6.45) is 0.514. The minimum atomic E-state index is 0.0351. The van der Waals surface area contributed by atoms with Crippen molar-refractivity contribution in [1.82, 2.24) is 0 Å². The predicted molar refractivity (Wildman–Crippen MR) is 87.3 cm³/mol. The van der Waals surface area contributed by atoms with Gasteiger partial charge in [0.1, 0.15) is 0 Å². The highest BCUT2D eigenvalue weighted by molar-refractivity contribution is 7.98. The van der Waals surface area contributed by atoms with Gasteiger partial charge in [-0.3, -0.25) is 4.79 Å². The minimum absolute atomic E-state index is 0.0351. The van der Waals surface area contributed by atoms with Crippen LogP contribution in [0, 0.1) is 0 Å². The number of benzene rings is 2. The van der Waals surface area contributed by atoms with E-state index in [0.29, 0.717) is 11.4 Å². The van der Waals surface area contributed by atoms with E-state index in [0.717, 1.165) is 17.2 Å². The number of carbonyl (C=O) groups is 1. The van der Waals surface area contributed by atoms with Gasteiger partial charge in [0.25, 0.3) is 0 Å². The van der Waals surface area contributed by atoms with Crippen molar-refractivity contribution in [3.8, 4) is 0 Å². The van der Waals surface area contributed by atoms with Gasteiger partial charge in [0.05, 0.1) is 0 Å². The Morgan fingerprint density at radius 2 is 1.75 bits per heavy atom. The lowest BCUT2D eigenvalue weighted by atomic mass is 10.2. The number of hydrogen-bond acceptors (Lipinski definition) is 2. The van der Waals surface area contributed by atoms with Gasteiger partial charge in [0, 0.05) is 28.6 Å². The second kappa shape index (κ2) is 7.98. The summed E-state index contributed by atoms with van der Waals surface area (Å²) in [6, 6.07) is 17.4. The molecule has 0 fully saturated rings. The van der Waals surface area contributed by atoms with E-state index >= 15 is 0 Å². The van der Waals surface area contributed by atoms with Crippen LogP contribution < -0.4 is 5.32 Å². The molecule has 2 nitrogen and oxygen atoms in total. The monoisotopic (exact) mass is 305 g/mol. The third-order valence-corrected chi connectivity index (χ3v) is 4.00. The topological polar surface area (TPSA) is 29.1 Å². The number of anilines is 1. The molecule has 1 N–H and O–H groups in total. The molecule has 104 valence electrons. The number of carbonyl (C=O) groups excluding carboxylic acids is 1. The van der Waals surface area contributed by atoms with Crippen molar-refractivity contribution in [2.45, 2.75) is 12.2 Å². The summed E-state index contributed by atoms with van der Waals surface area (Å²) in [5.41, 5.74) is 2.07. The molecule has 0 heterocycles. The van der Waals surface area contributed by atoms with Crippen LogP contribution in [0.5, 0.6) is 0 Å². The van der Waals surface area contributed by atoms with Gasteiger partial charge in [-0.05, 0) is 29.8 Å². The quantitative estimate of drug-likeness (QED) is 0.790. The zero-order valence-corrected chi connectivity index (χ0v) is 12.6. The molecule has 20 heavy (non-hydrogen) atoms. The third kappa shape index (κ3) is 5.27. The van der Waals surface area contributed by atoms with Gasteiger partial charge in [-0.2, -0.15) is 11.8 Å². The smallest absolute Gasteiger partial charge is 0.225 e. The summed E-state index contributed by atoms with van der Waals surface area (Å²) < 4.78 is 0. The van der Waals surface area contributed by atoms with Crippen molar-refractivity contribution in [1.29, 1.82) is 0 Å². The van der Waals surface area contributed by atoms with Crippen LogP contribution in [0.15, 0.2) is 54.6 Å². The normalized spacial score (nSPS) is 10.2. The van der Waals surface area contributed by atoms with Gasteiger partial charge < -0.3 is 5.32 Å². The SMILES string of the molecule is O=C(CCSCc1ccccc1)Nc1ccc(Cl)cc1. The molecule has 0 saturated heterocycles. The maximum atomic E-state index is 11.8. The molecule has 0 aromatic heterocycles. The molecule has 0 bridgehead atoms. The number of rotatable bonds is 6. The predicted octanol–water partition coefficient (Wildman–Crippen LogP) is 4.60. The molecule has 0 aliphatic heterocycles. The first-order valence-corrected chi connectivity index (χ1v) is 7.94. The number of thioether (sulfide) groups is 1. The molecule has 0 aliphatic carbocycles. The molecule has 2 aromatic rings. The van der Waals surface area contributed by atoms with Crippen LogP contribution in [0.4, 0.5) is 5.69 Å².